The summed E-state index contributed by atoms with van der Waals surface area (Å²) < 4.78 is 21.4. The zero-order valence-electron chi connectivity index (χ0n) is 45.0. The van der Waals surface area contributed by atoms with Crippen molar-refractivity contribution in [2.45, 2.75) is 195 Å². The Kier molecular flexibility index (Phi) is 19.1. The molecule has 0 fully saturated rings. The number of fused-ring (bicyclic) bond motifs is 9. The van der Waals surface area contributed by atoms with Gasteiger partial charge in [0.1, 0.15) is 35.4 Å². The summed E-state index contributed by atoms with van der Waals surface area (Å²) in [6, 6.07) is 24.2. The molecular weight excluding hydrogens is 891 g/mol. The molecule has 3 heterocycles. The summed E-state index contributed by atoms with van der Waals surface area (Å²) in [5.41, 5.74) is 10.5. The molecule has 70 heavy (non-hydrogen) atoms. The number of benzene rings is 4. The van der Waals surface area contributed by atoms with Crippen LogP contribution >= 0.6 is 15.8 Å². The third kappa shape index (κ3) is 12.5. The Morgan fingerprint density at radius 1 is 0.771 bits per heavy atom. The highest BCUT2D eigenvalue weighted by molar-refractivity contribution is 7.80. The number of aryl methyl sites for hydroxylation is 3. The van der Waals surface area contributed by atoms with E-state index in [2.05, 4.69) is 155 Å². The topological polar surface area (TPSA) is 27.7 Å². The van der Waals surface area contributed by atoms with Crippen LogP contribution in [0.15, 0.2) is 120 Å². The highest BCUT2D eigenvalue weighted by atomic mass is 31.1. The first-order valence-corrected chi connectivity index (χ1v) is 30.0. The second-order valence-electron chi connectivity index (χ2n) is 21.6. The molecule has 4 unspecified atom stereocenters. The summed E-state index contributed by atoms with van der Waals surface area (Å²) in [4.78, 5) is 0. The lowest BCUT2D eigenvalue weighted by atomic mass is 9.74. The van der Waals surface area contributed by atoms with E-state index in [-0.39, 0.29) is 11.1 Å². The molecule has 3 nitrogen and oxygen atoms in total. The third-order valence-corrected chi connectivity index (χ3v) is 19.9. The van der Waals surface area contributed by atoms with E-state index < -0.39 is 15.8 Å². The molecule has 0 spiro atoms. The lowest BCUT2D eigenvalue weighted by molar-refractivity contribution is 0.261. The molecule has 374 valence electrons. The van der Waals surface area contributed by atoms with Gasteiger partial charge in [-0.15, -0.1) is 0 Å². The Morgan fingerprint density at radius 3 is 2.13 bits per heavy atom. The van der Waals surface area contributed by atoms with Crippen molar-refractivity contribution >= 4 is 37.1 Å². The smallest absolute Gasteiger partial charge is 0.139 e. The highest BCUT2D eigenvalue weighted by Crippen LogP contribution is 2.59. The summed E-state index contributed by atoms with van der Waals surface area (Å²) in [7, 11) is -2.12. The maximum absolute atomic E-state index is 7.94. The summed E-state index contributed by atoms with van der Waals surface area (Å²) in [5.74, 6) is 5.37. The Hall–Kier alpha value is -4.16. The lowest BCUT2D eigenvalue weighted by Crippen LogP contribution is -2.34. The van der Waals surface area contributed by atoms with Gasteiger partial charge in [-0.3, -0.25) is 0 Å². The molecule has 4 aromatic rings. The van der Waals surface area contributed by atoms with Crippen molar-refractivity contribution in [2.75, 3.05) is 6.61 Å². The van der Waals surface area contributed by atoms with Crippen molar-refractivity contribution in [3.8, 4) is 23.0 Å². The van der Waals surface area contributed by atoms with E-state index in [0.29, 0.717) is 12.5 Å². The zero-order valence-corrected chi connectivity index (χ0v) is 46.8. The summed E-state index contributed by atoms with van der Waals surface area (Å²) in [6.07, 6.45) is 29.9. The fourth-order valence-corrected chi connectivity index (χ4v) is 17.0. The van der Waals surface area contributed by atoms with E-state index in [1.165, 1.54) is 161 Å². The SMILES string of the molecule is C=CCO/C(C=C)=C(/C=C(C)C)P(c1cc(CCCCCCCCCC)cc2c1Oc1c3cc(cc1C2(C)C)CCCC(CCCCCC)c1ccc2c(c1)P3c1cc(C)ccc1O2)C(C)C=C(C)C. The summed E-state index contributed by atoms with van der Waals surface area (Å²) in [5, 5.41) is 6.40. The first-order chi connectivity index (χ1) is 33.8. The fourth-order valence-electron chi connectivity index (χ4n) is 11.2. The van der Waals surface area contributed by atoms with Gasteiger partial charge in [0.15, 0.2) is 0 Å². The second kappa shape index (κ2) is 25.0. The van der Waals surface area contributed by atoms with Crippen LogP contribution in [0.1, 0.15) is 198 Å². The van der Waals surface area contributed by atoms with E-state index in [0.717, 1.165) is 48.0 Å². The Labute approximate surface area is 427 Å². The van der Waals surface area contributed by atoms with E-state index in [1.807, 2.05) is 12.2 Å². The molecule has 3 aliphatic heterocycles. The molecule has 3 aliphatic rings. The van der Waals surface area contributed by atoms with Gasteiger partial charge in [0.05, 0.1) is 0 Å². The number of allylic oxidation sites excluding steroid dienone is 6. The molecule has 0 aliphatic carbocycles. The van der Waals surface area contributed by atoms with Crippen molar-refractivity contribution in [2.24, 2.45) is 0 Å². The van der Waals surface area contributed by atoms with Crippen molar-refractivity contribution in [1.82, 2.24) is 0 Å². The summed E-state index contributed by atoms with van der Waals surface area (Å²) in [6.45, 7) is 31.9. The number of rotatable bonds is 23. The van der Waals surface area contributed by atoms with E-state index in [9.17, 15) is 0 Å². The van der Waals surface area contributed by atoms with Gasteiger partial charge in [0.25, 0.3) is 0 Å². The minimum absolute atomic E-state index is 0.182. The maximum Gasteiger partial charge on any atom is 0.139 e. The zero-order chi connectivity index (χ0) is 50.0. The lowest BCUT2D eigenvalue weighted by Gasteiger charge is -2.40. The Morgan fingerprint density at radius 2 is 1.44 bits per heavy atom. The number of unbranched alkanes of at least 4 members (excludes halogenated alkanes) is 10. The minimum atomic E-state index is -1.08. The molecule has 4 atom stereocenters. The Bertz CT molecular complexity index is 2560. The van der Waals surface area contributed by atoms with Gasteiger partial charge < -0.3 is 14.2 Å². The molecule has 0 saturated heterocycles. The van der Waals surface area contributed by atoms with Gasteiger partial charge in [-0.1, -0.05) is 178 Å². The number of ether oxygens (including phenoxy) is 3. The van der Waals surface area contributed by atoms with Crippen molar-refractivity contribution in [3.63, 3.8) is 0 Å². The van der Waals surface area contributed by atoms with Crippen LogP contribution in [0.5, 0.6) is 23.0 Å². The molecule has 5 heteroatoms. The van der Waals surface area contributed by atoms with Crippen LogP contribution in [-0.4, -0.2) is 12.3 Å². The molecule has 7 rings (SSSR count). The highest BCUT2D eigenvalue weighted by Gasteiger charge is 2.43. The standard InChI is InChI=1S/C65H86O3P2/c1-13-17-19-21-22-23-24-25-28-49-40-53-63(61(42-49)69(48(10)37-45(5)6)58(38-46(7)8)55(16-4)66-36-15-3)68-64-54(65(53,11)12)41-50-29-27-31-51(30-26-20-18-14-2)52-33-35-57-60(44-52)70(62(64)43-50)59-39-47(9)32-34-56(59)67-57/h15-16,32-35,37-44,48,51H,3-4,13-14,17-31,36H2,1-2,5-12H3/b58-55-. The van der Waals surface area contributed by atoms with Gasteiger partial charge in [-0.05, 0) is 154 Å². The van der Waals surface area contributed by atoms with Crippen LogP contribution in [0.2, 0.25) is 0 Å². The minimum Gasteiger partial charge on any atom is -0.489 e. The Balaban J connectivity index is 1.47. The van der Waals surface area contributed by atoms with Gasteiger partial charge in [-0.25, -0.2) is 0 Å². The van der Waals surface area contributed by atoms with Gasteiger partial charge in [-0.2, -0.15) is 0 Å². The summed E-state index contributed by atoms with van der Waals surface area (Å²) >= 11 is 0. The normalized spacial score (nSPS) is 17.4. The van der Waals surface area contributed by atoms with Gasteiger partial charge in [0.2, 0.25) is 0 Å². The molecule has 0 saturated carbocycles. The number of hydrogen-bond donors (Lipinski definition) is 0. The van der Waals surface area contributed by atoms with Crippen LogP contribution in [0.25, 0.3) is 0 Å². The molecular formula is C65H86O3P2. The second-order valence-corrected chi connectivity index (χ2v) is 26.3. The van der Waals surface area contributed by atoms with Crippen molar-refractivity contribution < 1.29 is 14.2 Å². The molecule has 0 N–H and O–H groups in total. The average Bonchev–Trinajstić information content (AvgIpc) is 3.34. The fraction of sp³-hybridized carbons (Fsp3) is 0.477. The molecule has 4 bridgehead atoms. The predicted molar refractivity (Wildman–Crippen MR) is 308 cm³/mol. The molecule has 0 amide bonds. The van der Waals surface area contributed by atoms with Gasteiger partial charge >= 0.3 is 0 Å². The van der Waals surface area contributed by atoms with Crippen LogP contribution in [0.3, 0.4) is 0 Å². The van der Waals surface area contributed by atoms with E-state index in [1.54, 1.807) is 0 Å². The largest absolute Gasteiger partial charge is 0.489 e. The van der Waals surface area contributed by atoms with Crippen molar-refractivity contribution in [1.29, 1.82) is 0 Å². The van der Waals surface area contributed by atoms with Gasteiger partial charge in [0, 0.05) is 48.7 Å². The maximum atomic E-state index is 7.94. The molecule has 0 radical (unpaired) electrons. The first kappa shape index (κ1) is 53.6. The molecule has 4 aromatic carbocycles. The monoisotopic (exact) mass is 977 g/mol. The van der Waals surface area contributed by atoms with E-state index in [4.69, 9.17) is 14.2 Å². The average molecular weight is 977 g/mol. The van der Waals surface area contributed by atoms with Crippen LogP contribution in [-0.2, 0) is 23.0 Å². The van der Waals surface area contributed by atoms with E-state index >= 15 is 0 Å². The number of hydrogen-bond acceptors (Lipinski definition) is 3. The molecule has 0 aromatic heterocycles. The quantitative estimate of drug-likeness (QED) is 0.0215. The predicted octanol–water partition coefficient (Wildman–Crippen LogP) is 18.4. The van der Waals surface area contributed by atoms with Crippen molar-refractivity contribution in [3.05, 3.63) is 154 Å². The van der Waals surface area contributed by atoms with Crippen LogP contribution in [0.4, 0.5) is 0 Å². The third-order valence-electron chi connectivity index (χ3n) is 14.8. The first-order valence-electron chi connectivity index (χ1n) is 27.2. The van der Waals surface area contributed by atoms with Crippen LogP contribution in [0, 0.1) is 6.92 Å². The van der Waals surface area contributed by atoms with Crippen LogP contribution < -0.4 is 30.7 Å².